The molecule has 4 nitrogen and oxygen atoms in total. The Morgan fingerprint density at radius 1 is 1.00 bits per heavy atom. The highest BCUT2D eigenvalue weighted by Crippen LogP contribution is 2.15. The molecule has 2 N–H and O–H groups in total. The van der Waals surface area contributed by atoms with Gasteiger partial charge in [-0.25, -0.2) is 13.1 Å². The molecule has 0 unspecified atom stereocenters. The number of rotatable bonds is 7. The first-order valence-corrected chi connectivity index (χ1v) is 9.34. The molecule has 2 aromatic carbocycles. The van der Waals surface area contributed by atoms with E-state index in [0.717, 1.165) is 10.0 Å². The van der Waals surface area contributed by atoms with Crippen LogP contribution in [0.4, 0.5) is 0 Å². The van der Waals surface area contributed by atoms with Gasteiger partial charge in [-0.3, -0.25) is 0 Å². The molecule has 2 rings (SSSR count). The molecule has 0 aliphatic rings. The molecule has 0 aromatic heterocycles. The predicted octanol–water partition coefficient (Wildman–Crippen LogP) is 3.17. The molecule has 0 bridgehead atoms. The van der Waals surface area contributed by atoms with Gasteiger partial charge in [-0.1, -0.05) is 45.7 Å². The van der Waals surface area contributed by atoms with Crippen molar-refractivity contribution >= 4 is 37.6 Å². The van der Waals surface area contributed by atoms with Crippen molar-refractivity contribution in [3.63, 3.8) is 0 Å². The lowest BCUT2D eigenvalue weighted by Gasteiger charge is -2.09. The van der Waals surface area contributed by atoms with Crippen molar-refractivity contribution in [2.24, 2.45) is 0 Å². The minimum Gasteiger partial charge on any atom is -0.311 e. The summed E-state index contributed by atoms with van der Waals surface area (Å²) in [6, 6.07) is 14.0. The molecule has 22 heavy (non-hydrogen) atoms. The van der Waals surface area contributed by atoms with Crippen molar-refractivity contribution in [1.82, 2.24) is 10.0 Å². The van der Waals surface area contributed by atoms with E-state index in [2.05, 4.69) is 26.0 Å². The van der Waals surface area contributed by atoms with Gasteiger partial charge >= 0.3 is 0 Å². The molecular formula is C15H16BrClN2O2S. The Labute approximate surface area is 144 Å². The van der Waals surface area contributed by atoms with Gasteiger partial charge in [0, 0.05) is 29.1 Å². The van der Waals surface area contributed by atoms with Crippen LogP contribution in [-0.4, -0.2) is 21.5 Å². The minimum atomic E-state index is -3.49. The van der Waals surface area contributed by atoms with Gasteiger partial charge in [0.05, 0.1) is 4.90 Å². The summed E-state index contributed by atoms with van der Waals surface area (Å²) >= 11 is 9.22. The molecule has 7 heteroatoms. The summed E-state index contributed by atoms with van der Waals surface area (Å²) < 4.78 is 27.7. The van der Waals surface area contributed by atoms with Crippen molar-refractivity contribution in [1.29, 1.82) is 0 Å². The van der Waals surface area contributed by atoms with E-state index in [0.29, 0.717) is 24.7 Å². The van der Waals surface area contributed by atoms with Gasteiger partial charge in [-0.2, -0.15) is 0 Å². The zero-order valence-electron chi connectivity index (χ0n) is 11.7. The highest BCUT2D eigenvalue weighted by molar-refractivity contribution is 9.10. The maximum Gasteiger partial charge on any atom is 0.240 e. The van der Waals surface area contributed by atoms with Crippen LogP contribution in [0.25, 0.3) is 0 Å². The third-order valence-corrected chi connectivity index (χ3v) is 5.49. The van der Waals surface area contributed by atoms with Crippen molar-refractivity contribution in [3.8, 4) is 0 Å². The SMILES string of the molecule is O=S(=O)(NCCNCc1ccccc1Br)c1ccc(Cl)cc1. The fourth-order valence-electron chi connectivity index (χ4n) is 1.84. The monoisotopic (exact) mass is 402 g/mol. The quantitative estimate of drug-likeness (QED) is 0.698. The summed E-state index contributed by atoms with van der Waals surface area (Å²) in [4.78, 5) is 0.211. The summed E-state index contributed by atoms with van der Waals surface area (Å²) in [6.45, 7) is 1.52. The molecule has 0 aliphatic heterocycles. The number of sulfonamides is 1. The molecule has 0 saturated heterocycles. The van der Waals surface area contributed by atoms with Crippen molar-refractivity contribution in [3.05, 3.63) is 63.6 Å². The summed E-state index contributed by atoms with van der Waals surface area (Å²) in [7, 11) is -3.49. The zero-order chi connectivity index (χ0) is 16.0. The van der Waals surface area contributed by atoms with Crippen LogP contribution in [0.15, 0.2) is 57.9 Å². The van der Waals surface area contributed by atoms with Crippen LogP contribution < -0.4 is 10.0 Å². The van der Waals surface area contributed by atoms with Gasteiger partial charge in [0.1, 0.15) is 0 Å². The largest absolute Gasteiger partial charge is 0.311 e. The molecule has 2 aromatic rings. The Morgan fingerprint density at radius 2 is 1.68 bits per heavy atom. The normalized spacial score (nSPS) is 11.5. The second-order valence-corrected chi connectivity index (χ2v) is 7.68. The first-order valence-electron chi connectivity index (χ1n) is 6.68. The Morgan fingerprint density at radius 3 is 2.36 bits per heavy atom. The van der Waals surface area contributed by atoms with E-state index in [-0.39, 0.29) is 4.90 Å². The van der Waals surface area contributed by atoms with E-state index in [4.69, 9.17) is 11.6 Å². The van der Waals surface area contributed by atoms with E-state index in [1.807, 2.05) is 24.3 Å². The number of hydrogen-bond acceptors (Lipinski definition) is 3. The molecule has 0 radical (unpaired) electrons. The van der Waals surface area contributed by atoms with E-state index >= 15 is 0 Å². The smallest absolute Gasteiger partial charge is 0.240 e. The molecule has 118 valence electrons. The van der Waals surface area contributed by atoms with Crippen LogP contribution in [-0.2, 0) is 16.6 Å². The second kappa shape index (κ2) is 8.08. The first kappa shape index (κ1) is 17.4. The second-order valence-electron chi connectivity index (χ2n) is 4.62. The standard InChI is InChI=1S/C15H16BrClN2O2S/c16-15-4-2-1-3-12(15)11-18-9-10-19-22(20,21)14-7-5-13(17)6-8-14/h1-8,18-19H,9-11H2. The lowest BCUT2D eigenvalue weighted by molar-refractivity contribution is 0.576. The van der Waals surface area contributed by atoms with E-state index in [1.165, 1.54) is 12.1 Å². The summed E-state index contributed by atoms with van der Waals surface area (Å²) in [5, 5.41) is 3.71. The van der Waals surface area contributed by atoms with Gasteiger partial charge in [0.2, 0.25) is 10.0 Å². The maximum atomic E-state index is 12.0. The molecular weight excluding hydrogens is 388 g/mol. The lowest BCUT2D eigenvalue weighted by atomic mass is 10.2. The van der Waals surface area contributed by atoms with Gasteiger partial charge < -0.3 is 5.32 Å². The Bertz CT molecular complexity index is 721. The predicted molar refractivity (Wildman–Crippen MR) is 92.5 cm³/mol. The topological polar surface area (TPSA) is 58.2 Å². The summed E-state index contributed by atoms with van der Waals surface area (Å²) in [6.07, 6.45) is 0. The van der Waals surface area contributed by atoms with Gasteiger partial charge in [-0.05, 0) is 35.9 Å². The molecule has 0 fully saturated rings. The van der Waals surface area contributed by atoms with Crippen molar-refractivity contribution in [2.45, 2.75) is 11.4 Å². The van der Waals surface area contributed by atoms with Crippen LogP contribution in [0.1, 0.15) is 5.56 Å². The van der Waals surface area contributed by atoms with E-state index < -0.39 is 10.0 Å². The Balaban J connectivity index is 1.79. The molecule has 0 atom stereocenters. The average molecular weight is 404 g/mol. The molecule has 0 aliphatic carbocycles. The van der Waals surface area contributed by atoms with Crippen molar-refractivity contribution < 1.29 is 8.42 Å². The average Bonchev–Trinajstić information content (AvgIpc) is 2.49. The third kappa shape index (κ3) is 5.07. The first-order chi connectivity index (χ1) is 10.5. The molecule has 0 saturated carbocycles. The van der Waals surface area contributed by atoms with E-state index in [9.17, 15) is 8.42 Å². The highest BCUT2D eigenvalue weighted by Gasteiger charge is 2.12. The highest BCUT2D eigenvalue weighted by atomic mass is 79.9. The number of halogens is 2. The third-order valence-electron chi connectivity index (χ3n) is 2.99. The van der Waals surface area contributed by atoms with Crippen LogP contribution in [0.3, 0.4) is 0 Å². The van der Waals surface area contributed by atoms with E-state index in [1.54, 1.807) is 12.1 Å². The number of nitrogens with one attached hydrogen (secondary N) is 2. The fraction of sp³-hybridized carbons (Fsp3) is 0.200. The zero-order valence-corrected chi connectivity index (χ0v) is 14.9. The maximum absolute atomic E-state index is 12.0. The Kier molecular flexibility index (Phi) is 6.40. The molecule has 0 spiro atoms. The van der Waals surface area contributed by atoms with Crippen molar-refractivity contribution in [2.75, 3.05) is 13.1 Å². The Hall–Kier alpha value is -0.920. The fourth-order valence-corrected chi connectivity index (χ4v) is 3.42. The van der Waals surface area contributed by atoms with Crippen LogP contribution in [0.5, 0.6) is 0 Å². The van der Waals surface area contributed by atoms with Crippen LogP contribution in [0, 0.1) is 0 Å². The van der Waals surface area contributed by atoms with Crippen LogP contribution >= 0.6 is 27.5 Å². The lowest BCUT2D eigenvalue weighted by Crippen LogP contribution is -2.31. The molecule has 0 heterocycles. The van der Waals surface area contributed by atoms with Gasteiger partial charge in [0.25, 0.3) is 0 Å². The summed E-state index contributed by atoms with van der Waals surface area (Å²) in [5.74, 6) is 0. The number of benzene rings is 2. The van der Waals surface area contributed by atoms with Gasteiger partial charge in [0.15, 0.2) is 0 Å². The summed E-state index contributed by atoms with van der Waals surface area (Å²) in [5.41, 5.74) is 1.13. The number of hydrogen-bond donors (Lipinski definition) is 2. The van der Waals surface area contributed by atoms with Gasteiger partial charge in [-0.15, -0.1) is 0 Å². The van der Waals surface area contributed by atoms with Crippen LogP contribution in [0.2, 0.25) is 5.02 Å². The molecule has 0 amide bonds. The minimum absolute atomic E-state index is 0.211.